The SMILES string of the molecule is C=Nc1cc(OC)ccc1/C(Cl)=N\C. The molecule has 0 aliphatic heterocycles. The third kappa shape index (κ3) is 2.12. The molecule has 1 aromatic carbocycles. The van der Waals surface area contributed by atoms with Crippen LogP contribution in [-0.2, 0) is 0 Å². The van der Waals surface area contributed by atoms with Gasteiger partial charge in [-0.05, 0) is 18.9 Å². The Morgan fingerprint density at radius 2 is 2.21 bits per heavy atom. The highest BCUT2D eigenvalue weighted by Crippen LogP contribution is 2.26. The predicted octanol–water partition coefficient (Wildman–Crippen LogP) is 2.64. The van der Waals surface area contributed by atoms with E-state index in [1.807, 2.05) is 0 Å². The molecule has 0 saturated carbocycles. The Labute approximate surface area is 88.1 Å². The third-order valence-electron chi connectivity index (χ3n) is 1.79. The van der Waals surface area contributed by atoms with Crippen LogP contribution in [0.3, 0.4) is 0 Å². The van der Waals surface area contributed by atoms with Crippen molar-refractivity contribution in [1.82, 2.24) is 0 Å². The molecule has 0 aromatic heterocycles. The van der Waals surface area contributed by atoms with Gasteiger partial charge in [0.25, 0.3) is 0 Å². The van der Waals surface area contributed by atoms with Gasteiger partial charge in [0.1, 0.15) is 10.9 Å². The van der Waals surface area contributed by atoms with Crippen molar-refractivity contribution in [3.63, 3.8) is 0 Å². The molecule has 0 heterocycles. The van der Waals surface area contributed by atoms with Crippen molar-refractivity contribution in [2.75, 3.05) is 14.2 Å². The van der Waals surface area contributed by atoms with Crippen LogP contribution in [0.15, 0.2) is 28.2 Å². The van der Waals surface area contributed by atoms with Gasteiger partial charge >= 0.3 is 0 Å². The molecule has 3 nitrogen and oxygen atoms in total. The molecule has 0 saturated heterocycles. The highest BCUT2D eigenvalue weighted by molar-refractivity contribution is 6.70. The summed E-state index contributed by atoms with van der Waals surface area (Å²) in [7, 11) is 3.22. The second-order valence-electron chi connectivity index (χ2n) is 2.56. The lowest BCUT2D eigenvalue weighted by Gasteiger charge is -2.05. The summed E-state index contributed by atoms with van der Waals surface area (Å²) in [6.45, 7) is 3.46. The van der Waals surface area contributed by atoms with Crippen molar-refractivity contribution in [3.05, 3.63) is 23.8 Å². The molecule has 0 fully saturated rings. The van der Waals surface area contributed by atoms with E-state index in [0.29, 0.717) is 10.9 Å². The van der Waals surface area contributed by atoms with E-state index in [1.54, 1.807) is 32.4 Å². The van der Waals surface area contributed by atoms with Crippen LogP contribution in [0.4, 0.5) is 5.69 Å². The van der Waals surface area contributed by atoms with Gasteiger partial charge in [0.15, 0.2) is 0 Å². The second-order valence-corrected chi connectivity index (χ2v) is 2.91. The summed E-state index contributed by atoms with van der Waals surface area (Å²) >= 11 is 5.89. The molecule has 0 atom stereocenters. The summed E-state index contributed by atoms with van der Waals surface area (Å²) in [4.78, 5) is 7.73. The fourth-order valence-electron chi connectivity index (χ4n) is 1.06. The minimum absolute atomic E-state index is 0.412. The first-order valence-electron chi connectivity index (χ1n) is 4.00. The zero-order chi connectivity index (χ0) is 10.6. The highest BCUT2D eigenvalue weighted by Gasteiger charge is 2.06. The van der Waals surface area contributed by atoms with Gasteiger partial charge in [-0.2, -0.15) is 0 Å². The lowest BCUT2D eigenvalue weighted by atomic mass is 10.2. The van der Waals surface area contributed by atoms with Crippen LogP contribution in [0.2, 0.25) is 0 Å². The van der Waals surface area contributed by atoms with Gasteiger partial charge in [0.05, 0.1) is 12.8 Å². The Morgan fingerprint density at radius 3 is 2.71 bits per heavy atom. The Kier molecular flexibility index (Phi) is 3.65. The lowest BCUT2D eigenvalue weighted by molar-refractivity contribution is 0.415. The molecule has 1 rings (SSSR count). The number of benzene rings is 1. The summed E-state index contributed by atoms with van der Waals surface area (Å²) in [6.07, 6.45) is 0. The van der Waals surface area contributed by atoms with Gasteiger partial charge in [-0.1, -0.05) is 11.6 Å². The van der Waals surface area contributed by atoms with Crippen molar-refractivity contribution < 1.29 is 4.74 Å². The summed E-state index contributed by atoms with van der Waals surface area (Å²) in [5.74, 6) is 0.719. The van der Waals surface area contributed by atoms with E-state index < -0.39 is 0 Å². The average Bonchev–Trinajstić information content (AvgIpc) is 2.27. The van der Waals surface area contributed by atoms with Crippen molar-refractivity contribution >= 4 is 29.2 Å². The van der Waals surface area contributed by atoms with E-state index in [4.69, 9.17) is 16.3 Å². The monoisotopic (exact) mass is 210 g/mol. The number of methoxy groups -OCH3 is 1. The summed E-state index contributed by atoms with van der Waals surface area (Å²) in [6, 6.07) is 5.37. The number of halogens is 1. The Bertz CT molecular complexity index is 374. The Hall–Kier alpha value is -1.35. The normalized spacial score (nSPS) is 11.2. The Morgan fingerprint density at radius 1 is 1.50 bits per heavy atom. The largest absolute Gasteiger partial charge is 0.497 e. The quantitative estimate of drug-likeness (QED) is 0.707. The molecule has 0 amide bonds. The molecular weight excluding hydrogens is 200 g/mol. The molecule has 0 radical (unpaired) electrons. The van der Waals surface area contributed by atoms with Crippen LogP contribution >= 0.6 is 11.6 Å². The smallest absolute Gasteiger partial charge is 0.132 e. The van der Waals surface area contributed by atoms with Crippen molar-refractivity contribution in [1.29, 1.82) is 0 Å². The summed E-state index contributed by atoms with van der Waals surface area (Å²) in [5, 5.41) is 0.412. The summed E-state index contributed by atoms with van der Waals surface area (Å²) < 4.78 is 5.05. The summed E-state index contributed by atoms with van der Waals surface area (Å²) in [5.41, 5.74) is 1.42. The molecule has 0 aliphatic rings. The highest BCUT2D eigenvalue weighted by atomic mass is 35.5. The maximum absolute atomic E-state index is 5.89. The molecule has 0 N–H and O–H groups in total. The molecule has 74 valence electrons. The topological polar surface area (TPSA) is 34.0 Å². The Balaban J connectivity index is 3.25. The predicted molar refractivity (Wildman–Crippen MR) is 60.5 cm³/mol. The van der Waals surface area contributed by atoms with Gasteiger partial charge in [-0.3, -0.25) is 9.98 Å². The van der Waals surface area contributed by atoms with Crippen LogP contribution in [-0.4, -0.2) is 26.0 Å². The van der Waals surface area contributed by atoms with Gasteiger partial charge in [0, 0.05) is 18.7 Å². The molecule has 0 unspecified atom stereocenters. The molecular formula is C10H11ClN2O. The zero-order valence-corrected chi connectivity index (χ0v) is 8.88. The number of aliphatic imine (C=N–C) groups is 2. The molecule has 0 bridgehead atoms. The average molecular weight is 211 g/mol. The first-order chi connectivity index (χ1) is 6.72. The van der Waals surface area contributed by atoms with E-state index in [2.05, 4.69) is 16.7 Å². The van der Waals surface area contributed by atoms with E-state index in [9.17, 15) is 0 Å². The first-order valence-corrected chi connectivity index (χ1v) is 4.38. The van der Waals surface area contributed by atoms with Gasteiger partial charge in [-0.25, -0.2) is 0 Å². The second kappa shape index (κ2) is 4.77. The number of hydrogen-bond acceptors (Lipinski definition) is 3. The number of rotatable bonds is 3. The van der Waals surface area contributed by atoms with Crippen molar-refractivity contribution in [2.24, 2.45) is 9.98 Å². The van der Waals surface area contributed by atoms with E-state index in [0.717, 1.165) is 11.3 Å². The zero-order valence-electron chi connectivity index (χ0n) is 8.12. The minimum Gasteiger partial charge on any atom is -0.497 e. The van der Waals surface area contributed by atoms with Crippen LogP contribution < -0.4 is 4.74 Å². The standard InChI is InChI=1S/C10H11ClN2O/c1-12-9-6-7(14-3)4-5-8(9)10(11)13-2/h4-6H,1H2,2-3H3/b13-10+. The maximum Gasteiger partial charge on any atom is 0.132 e. The first kappa shape index (κ1) is 10.7. The molecule has 1 aromatic rings. The number of ether oxygens (including phenoxy) is 1. The lowest BCUT2D eigenvalue weighted by Crippen LogP contribution is -1.92. The van der Waals surface area contributed by atoms with Gasteiger partial charge in [-0.15, -0.1) is 0 Å². The van der Waals surface area contributed by atoms with Crippen LogP contribution in [0.1, 0.15) is 5.56 Å². The molecule has 0 spiro atoms. The van der Waals surface area contributed by atoms with Crippen LogP contribution in [0.25, 0.3) is 0 Å². The van der Waals surface area contributed by atoms with Gasteiger partial charge < -0.3 is 4.74 Å². The fraction of sp³-hybridized carbons (Fsp3) is 0.200. The van der Waals surface area contributed by atoms with E-state index in [-0.39, 0.29) is 0 Å². The number of hydrogen-bond donors (Lipinski definition) is 0. The fourth-order valence-corrected chi connectivity index (χ4v) is 1.22. The molecule has 0 aliphatic carbocycles. The van der Waals surface area contributed by atoms with Gasteiger partial charge in [0.2, 0.25) is 0 Å². The van der Waals surface area contributed by atoms with Crippen molar-refractivity contribution in [2.45, 2.75) is 0 Å². The third-order valence-corrected chi connectivity index (χ3v) is 2.17. The minimum atomic E-state index is 0.412. The van der Waals surface area contributed by atoms with E-state index >= 15 is 0 Å². The van der Waals surface area contributed by atoms with Crippen LogP contribution in [0, 0.1) is 0 Å². The number of nitrogens with zero attached hydrogens (tertiary/aromatic N) is 2. The molecule has 4 heteroatoms. The van der Waals surface area contributed by atoms with Crippen LogP contribution in [0.5, 0.6) is 5.75 Å². The van der Waals surface area contributed by atoms with E-state index in [1.165, 1.54) is 0 Å². The molecule has 14 heavy (non-hydrogen) atoms. The maximum atomic E-state index is 5.89. The van der Waals surface area contributed by atoms with Crippen molar-refractivity contribution in [3.8, 4) is 5.75 Å².